The molecule has 1 aromatic rings. The molecule has 2 rings (SSSR count). The molecule has 2 atom stereocenters. The van der Waals surface area contributed by atoms with Gasteiger partial charge in [-0.15, -0.1) is 0 Å². The van der Waals surface area contributed by atoms with Gasteiger partial charge in [0.15, 0.2) is 0 Å². The lowest BCUT2D eigenvalue weighted by molar-refractivity contribution is 0.122. The predicted molar refractivity (Wildman–Crippen MR) is 89.8 cm³/mol. The van der Waals surface area contributed by atoms with Crippen molar-refractivity contribution < 1.29 is 5.11 Å². The van der Waals surface area contributed by atoms with Gasteiger partial charge in [0.2, 0.25) is 0 Å². The lowest BCUT2D eigenvalue weighted by Gasteiger charge is -2.36. The Morgan fingerprint density at radius 2 is 2.05 bits per heavy atom. The van der Waals surface area contributed by atoms with Crippen LogP contribution in [-0.4, -0.2) is 36.9 Å². The Morgan fingerprint density at radius 1 is 1.29 bits per heavy atom. The van der Waals surface area contributed by atoms with Gasteiger partial charge in [-0.1, -0.05) is 31.5 Å². The highest BCUT2D eigenvalue weighted by molar-refractivity contribution is 5.45. The van der Waals surface area contributed by atoms with Crippen molar-refractivity contribution in [3.63, 3.8) is 0 Å². The number of likely N-dealkylation sites (N-methyl/N-ethyl adjacent to an activating group) is 1. The summed E-state index contributed by atoms with van der Waals surface area (Å²) >= 11 is 0. The molecule has 0 radical (unpaired) electrons. The summed E-state index contributed by atoms with van der Waals surface area (Å²) in [4.78, 5) is 2.44. The van der Waals surface area contributed by atoms with Crippen molar-refractivity contribution in [2.24, 2.45) is 5.92 Å². The number of anilines is 1. The van der Waals surface area contributed by atoms with Gasteiger partial charge in [-0.25, -0.2) is 0 Å². The lowest BCUT2D eigenvalue weighted by atomic mass is 9.85. The van der Waals surface area contributed by atoms with E-state index in [1.807, 2.05) is 0 Å². The first-order chi connectivity index (χ1) is 10.3. The molecule has 0 aromatic heterocycles. The Kier molecular flexibility index (Phi) is 6.07. The molecule has 21 heavy (non-hydrogen) atoms. The van der Waals surface area contributed by atoms with Crippen molar-refractivity contribution >= 4 is 5.69 Å². The summed E-state index contributed by atoms with van der Waals surface area (Å²) in [5.74, 6) is 0.584. The van der Waals surface area contributed by atoms with E-state index in [9.17, 15) is 5.11 Å². The zero-order chi connectivity index (χ0) is 15.1. The summed E-state index contributed by atoms with van der Waals surface area (Å²) in [5.41, 5.74) is 1.27. The van der Waals surface area contributed by atoms with E-state index in [0.29, 0.717) is 5.92 Å². The number of hydrogen-bond donors (Lipinski definition) is 2. The maximum absolute atomic E-state index is 9.88. The molecule has 0 saturated heterocycles. The minimum atomic E-state index is -0.0369. The van der Waals surface area contributed by atoms with Crippen LogP contribution in [-0.2, 0) is 0 Å². The smallest absolute Gasteiger partial charge is 0.0616 e. The molecule has 1 saturated carbocycles. The fourth-order valence-corrected chi connectivity index (χ4v) is 3.83. The third-order valence-electron chi connectivity index (χ3n) is 5.02. The maximum atomic E-state index is 9.88. The monoisotopic (exact) mass is 290 g/mol. The molecule has 0 aliphatic heterocycles. The van der Waals surface area contributed by atoms with E-state index in [0.717, 1.165) is 32.5 Å². The van der Waals surface area contributed by atoms with Crippen molar-refractivity contribution in [1.82, 2.24) is 5.32 Å². The first-order valence-electron chi connectivity index (χ1n) is 8.41. The van der Waals surface area contributed by atoms with Gasteiger partial charge in [-0.05, 0) is 50.8 Å². The molecule has 2 N–H and O–H groups in total. The average Bonchev–Trinajstić information content (AvgIpc) is 2.93. The molecule has 0 spiro atoms. The van der Waals surface area contributed by atoms with E-state index < -0.39 is 0 Å². The van der Waals surface area contributed by atoms with Crippen LogP contribution in [0.4, 0.5) is 5.69 Å². The Morgan fingerprint density at radius 3 is 2.67 bits per heavy atom. The number of rotatable bonds is 8. The van der Waals surface area contributed by atoms with Gasteiger partial charge in [-0.3, -0.25) is 0 Å². The molecule has 1 aliphatic carbocycles. The van der Waals surface area contributed by atoms with Crippen molar-refractivity contribution in [2.75, 3.05) is 31.1 Å². The highest BCUT2D eigenvalue weighted by atomic mass is 16.3. The SMILES string of the molecule is CCNC1(CO)CCCC1CCN(CC)c1ccccc1. The van der Waals surface area contributed by atoms with Crippen LogP contribution in [0.25, 0.3) is 0 Å². The summed E-state index contributed by atoms with van der Waals surface area (Å²) in [6.07, 6.45) is 4.73. The number of nitrogens with one attached hydrogen (secondary N) is 1. The van der Waals surface area contributed by atoms with E-state index in [-0.39, 0.29) is 12.1 Å². The largest absolute Gasteiger partial charge is 0.394 e. The van der Waals surface area contributed by atoms with Crippen molar-refractivity contribution in [2.45, 2.75) is 45.1 Å². The van der Waals surface area contributed by atoms with E-state index in [1.165, 1.54) is 18.5 Å². The zero-order valence-corrected chi connectivity index (χ0v) is 13.5. The second-order valence-electron chi connectivity index (χ2n) is 6.14. The average molecular weight is 290 g/mol. The van der Waals surface area contributed by atoms with Gasteiger partial charge in [0.05, 0.1) is 6.61 Å². The number of aliphatic hydroxyl groups is 1. The third-order valence-corrected chi connectivity index (χ3v) is 5.02. The van der Waals surface area contributed by atoms with Crippen LogP contribution in [0.15, 0.2) is 30.3 Å². The van der Waals surface area contributed by atoms with Crippen LogP contribution in [0, 0.1) is 5.92 Å². The van der Waals surface area contributed by atoms with Crippen molar-refractivity contribution in [3.05, 3.63) is 30.3 Å². The third kappa shape index (κ3) is 3.78. The fourth-order valence-electron chi connectivity index (χ4n) is 3.83. The minimum absolute atomic E-state index is 0.0369. The van der Waals surface area contributed by atoms with Crippen LogP contribution < -0.4 is 10.2 Å². The molecule has 3 nitrogen and oxygen atoms in total. The lowest BCUT2D eigenvalue weighted by Crippen LogP contribution is -2.52. The van der Waals surface area contributed by atoms with Gasteiger partial charge in [0, 0.05) is 24.3 Å². The molecular formula is C18H30N2O. The van der Waals surface area contributed by atoms with E-state index in [4.69, 9.17) is 0 Å². The van der Waals surface area contributed by atoms with Crippen LogP contribution >= 0.6 is 0 Å². The van der Waals surface area contributed by atoms with Crippen LogP contribution in [0.3, 0.4) is 0 Å². The fraction of sp³-hybridized carbons (Fsp3) is 0.667. The van der Waals surface area contributed by atoms with Gasteiger partial charge >= 0.3 is 0 Å². The Balaban J connectivity index is 1.97. The molecule has 1 fully saturated rings. The Hall–Kier alpha value is -1.06. The number of para-hydroxylation sites is 1. The first-order valence-corrected chi connectivity index (χ1v) is 8.41. The van der Waals surface area contributed by atoms with Gasteiger partial charge in [0.1, 0.15) is 0 Å². The molecule has 0 heterocycles. The van der Waals surface area contributed by atoms with Crippen LogP contribution in [0.1, 0.15) is 39.5 Å². The second kappa shape index (κ2) is 7.81. The maximum Gasteiger partial charge on any atom is 0.0616 e. The van der Waals surface area contributed by atoms with Gasteiger partial charge < -0.3 is 15.3 Å². The summed E-state index contributed by atoms with van der Waals surface area (Å²) in [6.45, 7) is 7.65. The number of hydrogen-bond acceptors (Lipinski definition) is 3. The Bertz CT molecular complexity index is 409. The molecule has 0 bridgehead atoms. The molecule has 1 aliphatic rings. The van der Waals surface area contributed by atoms with E-state index in [1.54, 1.807) is 0 Å². The summed E-state index contributed by atoms with van der Waals surface area (Å²) in [7, 11) is 0. The second-order valence-corrected chi connectivity index (χ2v) is 6.14. The quantitative estimate of drug-likeness (QED) is 0.772. The number of nitrogens with zero attached hydrogens (tertiary/aromatic N) is 1. The van der Waals surface area contributed by atoms with Crippen LogP contribution in [0.2, 0.25) is 0 Å². The number of benzene rings is 1. The highest BCUT2D eigenvalue weighted by Gasteiger charge is 2.41. The standard InChI is InChI=1S/C18H30N2O/c1-3-19-18(15-21)13-8-9-16(18)12-14-20(4-2)17-10-6-5-7-11-17/h5-7,10-11,16,19,21H,3-4,8-9,12-15H2,1-2H3. The zero-order valence-electron chi connectivity index (χ0n) is 13.5. The van der Waals surface area contributed by atoms with E-state index >= 15 is 0 Å². The first kappa shape index (κ1) is 16.3. The molecule has 0 amide bonds. The molecular weight excluding hydrogens is 260 g/mol. The van der Waals surface area contributed by atoms with Crippen LogP contribution in [0.5, 0.6) is 0 Å². The predicted octanol–water partition coefficient (Wildman–Crippen LogP) is 3.04. The molecule has 1 aromatic carbocycles. The summed E-state index contributed by atoms with van der Waals surface area (Å²) in [5, 5.41) is 13.5. The summed E-state index contributed by atoms with van der Waals surface area (Å²) in [6, 6.07) is 10.6. The summed E-state index contributed by atoms with van der Waals surface area (Å²) < 4.78 is 0. The number of aliphatic hydroxyl groups excluding tert-OH is 1. The molecule has 3 heteroatoms. The highest BCUT2D eigenvalue weighted by Crippen LogP contribution is 2.38. The minimum Gasteiger partial charge on any atom is -0.394 e. The molecule has 2 unspecified atom stereocenters. The Labute approximate surface area is 129 Å². The van der Waals surface area contributed by atoms with Gasteiger partial charge in [0.25, 0.3) is 0 Å². The van der Waals surface area contributed by atoms with E-state index in [2.05, 4.69) is 54.4 Å². The normalized spacial score (nSPS) is 25.2. The molecule has 118 valence electrons. The topological polar surface area (TPSA) is 35.5 Å². The van der Waals surface area contributed by atoms with Gasteiger partial charge in [-0.2, -0.15) is 0 Å². The van der Waals surface area contributed by atoms with Crippen molar-refractivity contribution in [1.29, 1.82) is 0 Å². The van der Waals surface area contributed by atoms with Crippen molar-refractivity contribution in [3.8, 4) is 0 Å².